The van der Waals surface area contributed by atoms with Gasteiger partial charge in [0.25, 0.3) is 0 Å². The number of rotatable bonds is 6. The third-order valence-electron chi connectivity index (χ3n) is 5.11. The van der Waals surface area contributed by atoms with Gasteiger partial charge >= 0.3 is 12.3 Å². The van der Waals surface area contributed by atoms with Gasteiger partial charge in [-0.15, -0.1) is 0 Å². The summed E-state index contributed by atoms with van der Waals surface area (Å²) in [7, 11) is 0. The number of carbonyl (C=O) groups is 2. The lowest BCUT2D eigenvalue weighted by atomic mass is 9.85. The summed E-state index contributed by atoms with van der Waals surface area (Å²) in [5.74, 6) is -5.29. The monoisotopic (exact) mass is 509 g/mol. The molecule has 5 nitrogen and oxygen atoms in total. The largest absolute Gasteiger partial charge is 0.503 e. The van der Waals surface area contributed by atoms with Gasteiger partial charge in [0.05, 0.1) is 22.5 Å². The van der Waals surface area contributed by atoms with E-state index in [9.17, 15) is 22.4 Å². The van der Waals surface area contributed by atoms with Gasteiger partial charge in [-0.05, 0) is 55.0 Å². The molecule has 1 aliphatic rings. The number of nitrogens with one attached hydrogen (secondary N) is 1. The molecule has 1 aliphatic carbocycles. The summed E-state index contributed by atoms with van der Waals surface area (Å²) in [6.45, 7) is 0.851. The van der Waals surface area contributed by atoms with Gasteiger partial charge in [-0.1, -0.05) is 42.3 Å². The molecule has 3 N–H and O–H groups in total. The Morgan fingerprint density at radius 2 is 1.73 bits per heavy atom. The molecule has 1 saturated carbocycles. The van der Waals surface area contributed by atoms with Gasteiger partial charge in [-0.25, -0.2) is 9.18 Å². The van der Waals surface area contributed by atoms with E-state index in [2.05, 4.69) is 5.32 Å². The van der Waals surface area contributed by atoms with E-state index in [0.717, 1.165) is 43.9 Å². The van der Waals surface area contributed by atoms with Crippen LogP contribution in [0.5, 0.6) is 0 Å². The molecule has 33 heavy (non-hydrogen) atoms. The van der Waals surface area contributed by atoms with E-state index < -0.39 is 35.9 Å². The fourth-order valence-corrected chi connectivity index (χ4v) is 3.56. The van der Waals surface area contributed by atoms with Crippen LogP contribution in [0.15, 0.2) is 36.4 Å². The molecule has 0 bridgehead atoms. The Balaban J connectivity index is 0.000000890. The highest BCUT2D eigenvalue weighted by atomic mass is 35.5. The molecule has 0 radical (unpaired) electrons. The molecular formula is C22H21Cl2F4NO4. The van der Waals surface area contributed by atoms with Crippen LogP contribution >= 0.6 is 23.2 Å². The number of alkyl halides is 3. The Bertz CT molecular complexity index is 1010. The van der Waals surface area contributed by atoms with Crippen LogP contribution < -0.4 is 5.32 Å². The van der Waals surface area contributed by atoms with Crippen LogP contribution in [-0.2, 0) is 11.2 Å². The van der Waals surface area contributed by atoms with Gasteiger partial charge < -0.3 is 15.5 Å². The van der Waals surface area contributed by atoms with E-state index in [4.69, 9.17) is 38.2 Å². The third kappa shape index (κ3) is 8.08. The van der Waals surface area contributed by atoms with E-state index in [1.165, 1.54) is 6.07 Å². The Hall–Kier alpha value is -2.52. The topological polar surface area (TPSA) is 86.6 Å². The molecule has 2 aromatic carbocycles. The second kappa shape index (κ2) is 11.1. The molecule has 2 aromatic rings. The van der Waals surface area contributed by atoms with Gasteiger partial charge in [-0.3, -0.25) is 4.79 Å². The van der Waals surface area contributed by atoms with E-state index in [0.29, 0.717) is 5.92 Å². The zero-order valence-electron chi connectivity index (χ0n) is 17.3. The number of benzene rings is 2. The van der Waals surface area contributed by atoms with Crippen molar-refractivity contribution in [3.8, 4) is 0 Å². The molecule has 0 spiro atoms. The fourth-order valence-electron chi connectivity index (χ4n) is 3.24. The summed E-state index contributed by atoms with van der Waals surface area (Å²) in [6, 6.07) is 8.34. The average molecular weight is 510 g/mol. The maximum absolute atomic E-state index is 14.4. The van der Waals surface area contributed by atoms with Gasteiger partial charge in [0.15, 0.2) is 0 Å². The smallest absolute Gasteiger partial charge is 0.450 e. The Morgan fingerprint density at radius 1 is 1.12 bits per heavy atom. The van der Waals surface area contributed by atoms with Crippen molar-refractivity contribution < 1.29 is 37.4 Å². The first-order chi connectivity index (χ1) is 15.3. The van der Waals surface area contributed by atoms with Gasteiger partial charge in [0.1, 0.15) is 5.82 Å². The SMILES string of the molecule is C[C@H]([C@H](C(=O)Nc1cc(CC2CC2)ccc1Cl)c1ccc(Cl)cc1F)C(F)(F)F.O=C(O)O. The Morgan fingerprint density at radius 3 is 2.24 bits per heavy atom. The highest BCUT2D eigenvalue weighted by molar-refractivity contribution is 6.33. The number of hydrogen-bond donors (Lipinski definition) is 3. The quantitative estimate of drug-likeness (QED) is 0.358. The summed E-state index contributed by atoms with van der Waals surface area (Å²) < 4.78 is 54.7. The first kappa shape index (κ1) is 26.7. The van der Waals surface area contributed by atoms with E-state index in [-0.39, 0.29) is 21.3 Å². The molecule has 0 aromatic heterocycles. The molecule has 0 aliphatic heterocycles. The predicted molar refractivity (Wildman–Crippen MR) is 117 cm³/mol. The van der Waals surface area contributed by atoms with Gasteiger partial charge in [-0.2, -0.15) is 13.2 Å². The zero-order chi connectivity index (χ0) is 24.9. The van der Waals surface area contributed by atoms with Crippen LogP contribution in [0.25, 0.3) is 0 Å². The fraction of sp³-hybridized carbons (Fsp3) is 0.364. The minimum atomic E-state index is -4.70. The predicted octanol–water partition coefficient (Wildman–Crippen LogP) is 7.23. The first-order valence-electron chi connectivity index (χ1n) is 9.82. The highest BCUT2D eigenvalue weighted by Crippen LogP contribution is 2.40. The van der Waals surface area contributed by atoms with Crippen LogP contribution in [0.1, 0.15) is 36.8 Å². The number of amides is 1. The van der Waals surface area contributed by atoms with Crippen molar-refractivity contribution in [3.05, 3.63) is 63.4 Å². The van der Waals surface area contributed by atoms with Gasteiger partial charge in [0, 0.05) is 10.6 Å². The lowest BCUT2D eigenvalue weighted by Gasteiger charge is -2.26. The van der Waals surface area contributed by atoms with E-state index in [1.54, 1.807) is 12.1 Å². The van der Waals surface area contributed by atoms with Crippen molar-refractivity contribution in [2.75, 3.05) is 5.32 Å². The third-order valence-corrected chi connectivity index (χ3v) is 5.67. The van der Waals surface area contributed by atoms with Crippen LogP contribution in [0.2, 0.25) is 10.0 Å². The Labute approximate surface area is 197 Å². The zero-order valence-corrected chi connectivity index (χ0v) is 18.8. The van der Waals surface area contributed by atoms with Crippen molar-refractivity contribution in [1.29, 1.82) is 0 Å². The number of carboxylic acid groups (broad SMARTS) is 2. The maximum atomic E-state index is 14.4. The van der Waals surface area contributed by atoms with Gasteiger partial charge in [0.2, 0.25) is 5.91 Å². The molecule has 3 rings (SSSR count). The standard InChI is InChI=1S/C21H19Cl2F4NO.CH2O3/c1-11(21(25,26)27)19(15-6-5-14(22)10-17(15)24)20(29)28-18-9-13(4-7-16(18)23)8-12-2-3-12;2-1(3)4/h4-7,9-12,19H,2-3,8H2,1H3,(H,28,29);(H2,2,3,4)/t11-,19+;/m1./s1. The lowest BCUT2D eigenvalue weighted by Crippen LogP contribution is -2.35. The number of anilines is 1. The normalized spacial score (nSPS) is 15.1. The Kier molecular flexibility index (Phi) is 8.97. The number of hydrogen-bond acceptors (Lipinski definition) is 2. The van der Waals surface area contributed by atoms with Crippen molar-refractivity contribution >= 4 is 41.0 Å². The van der Waals surface area contributed by atoms with Crippen LogP contribution in [0.3, 0.4) is 0 Å². The van der Waals surface area contributed by atoms with Crippen LogP contribution in [-0.4, -0.2) is 28.5 Å². The maximum Gasteiger partial charge on any atom is 0.503 e. The van der Waals surface area contributed by atoms with Crippen molar-refractivity contribution in [2.24, 2.45) is 11.8 Å². The average Bonchev–Trinajstić information content (AvgIpc) is 3.49. The summed E-state index contributed by atoms with van der Waals surface area (Å²) >= 11 is 11.8. The van der Waals surface area contributed by atoms with Crippen molar-refractivity contribution in [1.82, 2.24) is 0 Å². The first-order valence-corrected chi connectivity index (χ1v) is 10.6. The van der Waals surface area contributed by atoms with Crippen LogP contribution in [0.4, 0.5) is 28.0 Å². The molecule has 1 amide bonds. The second-order valence-corrected chi connectivity index (χ2v) is 8.55. The molecule has 1 fully saturated rings. The highest BCUT2D eigenvalue weighted by Gasteiger charge is 2.46. The minimum Gasteiger partial charge on any atom is -0.450 e. The lowest BCUT2D eigenvalue weighted by molar-refractivity contribution is -0.178. The summed E-state index contributed by atoms with van der Waals surface area (Å²) in [5, 5.41) is 16.6. The van der Waals surface area contributed by atoms with E-state index in [1.807, 2.05) is 6.07 Å². The molecule has 0 unspecified atom stereocenters. The molecule has 0 heterocycles. The summed E-state index contributed by atoms with van der Waals surface area (Å²) in [6.07, 6.45) is -3.46. The van der Waals surface area contributed by atoms with Crippen molar-refractivity contribution in [2.45, 2.75) is 38.3 Å². The molecule has 2 atom stereocenters. The molecular weight excluding hydrogens is 489 g/mol. The van der Waals surface area contributed by atoms with E-state index >= 15 is 0 Å². The number of halogens is 6. The van der Waals surface area contributed by atoms with Crippen LogP contribution in [0, 0.1) is 17.7 Å². The number of carbonyl (C=O) groups excluding carboxylic acids is 1. The molecule has 0 saturated heterocycles. The minimum absolute atomic E-state index is 0.0286. The summed E-state index contributed by atoms with van der Waals surface area (Å²) in [5.41, 5.74) is 0.774. The molecule has 11 heteroatoms. The molecule has 180 valence electrons. The van der Waals surface area contributed by atoms with Crippen molar-refractivity contribution in [3.63, 3.8) is 0 Å². The second-order valence-electron chi connectivity index (χ2n) is 7.71. The summed E-state index contributed by atoms with van der Waals surface area (Å²) in [4.78, 5) is 21.4.